The van der Waals surface area contributed by atoms with Crippen molar-refractivity contribution in [2.24, 2.45) is 7.05 Å². The maximum Gasteiger partial charge on any atom is 0.250 e. The lowest BCUT2D eigenvalue weighted by Gasteiger charge is -2.17. The zero-order valence-electron chi connectivity index (χ0n) is 14.5. The van der Waals surface area contributed by atoms with Crippen molar-refractivity contribution >= 4 is 28.6 Å². The Morgan fingerprint density at radius 1 is 1.16 bits per heavy atom. The fraction of sp³-hybridized carbons (Fsp3) is 0.333. The molecule has 1 fully saturated rings. The summed E-state index contributed by atoms with van der Waals surface area (Å²) in [5.41, 5.74) is 3.37. The molecule has 128 valence electrons. The lowest BCUT2D eigenvalue weighted by atomic mass is 10.2. The first-order valence-corrected chi connectivity index (χ1v) is 8.35. The number of hydrogen-bond acceptors (Lipinski definition) is 5. The van der Waals surface area contributed by atoms with Crippen LogP contribution in [0.15, 0.2) is 30.3 Å². The maximum atomic E-state index is 12.8. The zero-order chi connectivity index (χ0) is 17.6. The van der Waals surface area contributed by atoms with Crippen LogP contribution >= 0.6 is 0 Å². The summed E-state index contributed by atoms with van der Waals surface area (Å²) < 4.78 is 1.75. The highest BCUT2D eigenvalue weighted by Crippen LogP contribution is 2.25. The van der Waals surface area contributed by atoms with Gasteiger partial charge in [-0.05, 0) is 32.4 Å². The SMILES string of the molecule is Cc1cc(N2CCC(Nc3nc4ccccc4nc3C)C2=O)n(C)n1. The summed E-state index contributed by atoms with van der Waals surface area (Å²) in [5.74, 6) is 1.53. The van der Waals surface area contributed by atoms with Crippen molar-refractivity contribution in [3.8, 4) is 0 Å². The molecule has 1 aliphatic rings. The number of nitrogens with zero attached hydrogens (tertiary/aromatic N) is 5. The molecule has 0 spiro atoms. The van der Waals surface area contributed by atoms with Crippen molar-refractivity contribution in [1.82, 2.24) is 19.7 Å². The van der Waals surface area contributed by atoms with E-state index in [-0.39, 0.29) is 11.9 Å². The molecular formula is C18H20N6O. The van der Waals surface area contributed by atoms with E-state index in [0.29, 0.717) is 12.4 Å². The van der Waals surface area contributed by atoms with Gasteiger partial charge in [0.15, 0.2) is 0 Å². The zero-order valence-corrected chi connectivity index (χ0v) is 14.5. The Labute approximate surface area is 145 Å². The number of anilines is 2. The summed E-state index contributed by atoms with van der Waals surface area (Å²) in [6.45, 7) is 4.49. The number of carbonyl (C=O) groups excluding carboxylic acids is 1. The normalized spacial score (nSPS) is 17.5. The lowest BCUT2D eigenvalue weighted by molar-refractivity contribution is -0.117. The molecule has 3 aromatic rings. The first-order chi connectivity index (χ1) is 12.0. The van der Waals surface area contributed by atoms with Gasteiger partial charge in [0.2, 0.25) is 0 Å². The van der Waals surface area contributed by atoms with Crippen molar-refractivity contribution in [2.75, 3.05) is 16.8 Å². The highest BCUT2D eigenvalue weighted by atomic mass is 16.2. The minimum atomic E-state index is -0.302. The van der Waals surface area contributed by atoms with Crippen LogP contribution in [0.1, 0.15) is 17.8 Å². The predicted octanol–water partition coefficient (Wildman–Crippen LogP) is 2.20. The summed E-state index contributed by atoms with van der Waals surface area (Å²) in [4.78, 5) is 23.8. The van der Waals surface area contributed by atoms with Crippen LogP contribution in [0.2, 0.25) is 0 Å². The molecule has 1 aliphatic heterocycles. The smallest absolute Gasteiger partial charge is 0.250 e. The van der Waals surface area contributed by atoms with E-state index in [1.54, 1.807) is 9.58 Å². The molecule has 1 saturated heterocycles. The molecular weight excluding hydrogens is 316 g/mol. The van der Waals surface area contributed by atoms with E-state index in [4.69, 9.17) is 0 Å². The van der Waals surface area contributed by atoms with Gasteiger partial charge in [0.1, 0.15) is 17.7 Å². The summed E-state index contributed by atoms with van der Waals surface area (Å²) in [7, 11) is 1.86. The van der Waals surface area contributed by atoms with Gasteiger partial charge >= 0.3 is 0 Å². The van der Waals surface area contributed by atoms with Crippen molar-refractivity contribution in [2.45, 2.75) is 26.3 Å². The third kappa shape index (κ3) is 2.71. The van der Waals surface area contributed by atoms with E-state index in [2.05, 4.69) is 20.4 Å². The number of carbonyl (C=O) groups is 1. The van der Waals surface area contributed by atoms with Crippen LogP contribution in [0.25, 0.3) is 11.0 Å². The third-order valence-electron chi connectivity index (χ3n) is 4.52. The van der Waals surface area contributed by atoms with Crippen LogP contribution < -0.4 is 10.2 Å². The number of rotatable bonds is 3. The van der Waals surface area contributed by atoms with Crippen molar-refractivity contribution in [3.63, 3.8) is 0 Å². The van der Waals surface area contributed by atoms with E-state index in [9.17, 15) is 4.79 Å². The molecule has 4 rings (SSSR count). The first-order valence-electron chi connectivity index (χ1n) is 8.35. The van der Waals surface area contributed by atoms with Gasteiger partial charge < -0.3 is 5.32 Å². The molecule has 0 radical (unpaired) electrons. The first kappa shape index (κ1) is 15.6. The van der Waals surface area contributed by atoms with Gasteiger partial charge in [-0.1, -0.05) is 12.1 Å². The van der Waals surface area contributed by atoms with E-state index >= 15 is 0 Å². The highest BCUT2D eigenvalue weighted by molar-refractivity contribution is 6.00. The van der Waals surface area contributed by atoms with Gasteiger partial charge in [-0.25, -0.2) is 9.97 Å². The number of fused-ring (bicyclic) bond motifs is 1. The average Bonchev–Trinajstić information content (AvgIpc) is 3.10. The third-order valence-corrected chi connectivity index (χ3v) is 4.52. The predicted molar refractivity (Wildman–Crippen MR) is 96.6 cm³/mol. The molecule has 0 bridgehead atoms. The molecule has 7 heteroatoms. The van der Waals surface area contributed by atoms with Gasteiger partial charge in [-0.15, -0.1) is 0 Å². The maximum absolute atomic E-state index is 12.8. The molecule has 2 aromatic heterocycles. The Kier molecular flexibility index (Phi) is 3.63. The topological polar surface area (TPSA) is 75.9 Å². The summed E-state index contributed by atoms with van der Waals surface area (Å²) in [6.07, 6.45) is 0.719. The second-order valence-electron chi connectivity index (χ2n) is 6.39. The molecule has 1 amide bonds. The fourth-order valence-electron chi connectivity index (χ4n) is 3.28. The second kappa shape index (κ2) is 5.84. The van der Waals surface area contributed by atoms with Gasteiger partial charge in [0.25, 0.3) is 5.91 Å². The Morgan fingerprint density at radius 3 is 2.56 bits per heavy atom. The molecule has 1 unspecified atom stereocenters. The van der Waals surface area contributed by atoms with E-state index < -0.39 is 0 Å². The summed E-state index contributed by atoms with van der Waals surface area (Å²) >= 11 is 0. The number of aryl methyl sites for hydroxylation is 3. The molecule has 7 nitrogen and oxygen atoms in total. The molecule has 0 saturated carbocycles. The number of amides is 1. The van der Waals surface area contributed by atoms with E-state index in [0.717, 1.165) is 34.7 Å². The number of para-hydroxylation sites is 2. The van der Waals surface area contributed by atoms with E-state index in [1.165, 1.54) is 0 Å². The lowest BCUT2D eigenvalue weighted by Crippen LogP contribution is -2.34. The fourth-order valence-corrected chi connectivity index (χ4v) is 3.28. The van der Waals surface area contributed by atoms with Crippen molar-refractivity contribution in [1.29, 1.82) is 0 Å². The average molecular weight is 336 g/mol. The van der Waals surface area contributed by atoms with Crippen LogP contribution in [0.4, 0.5) is 11.6 Å². The Balaban J connectivity index is 1.59. The van der Waals surface area contributed by atoms with Gasteiger partial charge in [-0.3, -0.25) is 14.4 Å². The number of benzene rings is 1. The van der Waals surface area contributed by atoms with Gasteiger partial charge in [0, 0.05) is 19.7 Å². The summed E-state index contributed by atoms with van der Waals surface area (Å²) in [5, 5.41) is 7.61. The summed E-state index contributed by atoms with van der Waals surface area (Å²) in [6, 6.07) is 9.37. The van der Waals surface area contributed by atoms with Gasteiger partial charge in [-0.2, -0.15) is 5.10 Å². The number of aromatic nitrogens is 4. The Morgan fingerprint density at radius 2 is 1.88 bits per heavy atom. The minimum absolute atomic E-state index is 0.0392. The Bertz CT molecular complexity index is 963. The van der Waals surface area contributed by atoms with Crippen LogP contribution in [0, 0.1) is 13.8 Å². The standard InChI is InChI=1S/C18H20N6O/c1-11-10-16(23(3)22-11)24-9-8-15(18(24)25)21-17-12(2)19-13-6-4-5-7-14(13)20-17/h4-7,10,15H,8-9H2,1-3H3,(H,20,21). The highest BCUT2D eigenvalue weighted by Gasteiger charge is 2.34. The molecule has 25 heavy (non-hydrogen) atoms. The molecule has 3 heterocycles. The van der Waals surface area contributed by atoms with Crippen LogP contribution in [0.3, 0.4) is 0 Å². The Hall–Kier alpha value is -2.96. The number of hydrogen-bond donors (Lipinski definition) is 1. The molecule has 1 aromatic carbocycles. The molecule has 0 aliphatic carbocycles. The van der Waals surface area contributed by atoms with E-state index in [1.807, 2.05) is 51.2 Å². The largest absolute Gasteiger partial charge is 0.357 e. The quantitative estimate of drug-likeness (QED) is 0.793. The van der Waals surface area contributed by atoms with Crippen molar-refractivity contribution < 1.29 is 4.79 Å². The van der Waals surface area contributed by atoms with Crippen molar-refractivity contribution in [3.05, 3.63) is 41.7 Å². The number of nitrogens with one attached hydrogen (secondary N) is 1. The van der Waals surface area contributed by atoms with Crippen LogP contribution in [0.5, 0.6) is 0 Å². The van der Waals surface area contributed by atoms with Crippen LogP contribution in [-0.4, -0.2) is 38.2 Å². The minimum Gasteiger partial charge on any atom is -0.357 e. The monoisotopic (exact) mass is 336 g/mol. The van der Waals surface area contributed by atoms with Crippen LogP contribution in [-0.2, 0) is 11.8 Å². The molecule has 1 atom stereocenters. The second-order valence-corrected chi connectivity index (χ2v) is 6.39. The molecule has 1 N–H and O–H groups in total. The van der Waals surface area contributed by atoms with Gasteiger partial charge in [0.05, 0.1) is 22.4 Å².